The highest BCUT2D eigenvalue weighted by atomic mass is 79.9. The summed E-state index contributed by atoms with van der Waals surface area (Å²) in [6.45, 7) is 1.56. The molecule has 0 atom stereocenters. The molecule has 11 heteroatoms. The molecule has 0 saturated carbocycles. The fraction of sp³-hybridized carbons (Fsp3) is 0.312. The van der Waals surface area contributed by atoms with Crippen molar-refractivity contribution in [3.05, 3.63) is 47.9 Å². The first kappa shape index (κ1) is 19.5. The van der Waals surface area contributed by atoms with Gasteiger partial charge >= 0.3 is 5.69 Å². The first-order valence-corrected chi connectivity index (χ1v) is 12.0. The Labute approximate surface area is 177 Å². The molecule has 3 aromatic rings. The van der Waals surface area contributed by atoms with Crippen molar-refractivity contribution in [2.75, 3.05) is 13.1 Å². The van der Waals surface area contributed by atoms with Gasteiger partial charge in [0.25, 0.3) is 10.0 Å². The Morgan fingerprint density at radius 3 is 2.33 bits per heavy atom. The van der Waals surface area contributed by atoms with Crippen LogP contribution in [0.3, 0.4) is 0 Å². The number of rotatable bonds is 3. The molecule has 0 aliphatic carbocycles. The van der Waals surface area contributed by atoms with Gasteiger partial charge in [0, 0.05) is 6.04 Å². The number of aromatic nitrogens is 2. The lowest BCUT2D eigenvalue weighted by Crippen LogP contribution is -2.36. The molecule has 0 spiro atoms. The van der Waals surface area contributed by atoms with Crippen molar-refractivity contribution in [2.24, 2.45) is 0 Å². The highest BCUT2D eigenvalue weighted by Gasteiger charge is 2.33. The third kappa shape index (κ3) is 3.08. The summed E-state index contributed by atoms with van der Waals surface area (Å²) in [5.41, 5.74) is 0.325. The first-order chi connectivity index (χ1) is 12.8. The van der Waals surface area contributed by atoms with Crippen LogP contribution in [0.5, 0.6) is 0 Å². The number of para-hydroxylation sites is 2. The Morgan fingerprint density at radius 1 is 1.11 bits per heavy atom. The molecule has 1 aromatic carbocycles. The van der Waals surface area contributed by atoms with Gasteiger partial charge in [0.1, 0.15) is 13.6 Å². The minimum absolute atomic E-state index is 0.0115. The topological polar surface area (TPSA) is 73.1 Å². The van der Waals surface area contributed by atoms with Crippen LogP contribution in [0.15, 0.2) is 38.4 Å². The zero-order chi connectivity index (χ0) is 19.3. The molecule has 0 unspecified atom stereocenters. The van der Waals surface area contributed by atoms with Crippen molar-refractivity contribution >= 4 is 71.5 Å². The number of piperidine rings is 1. The van der Waals surface area contributed by atoms with E-state index < -0.39 is 15.7 Å². The highest BCUT2D eigenvalue weighted by Crippen LogP contribution is 2.44. The summed E-state index contributed by atoms with van der Waals surface area (Å²) < 4.78 is 29.6. The maximum Gasteiger partial charge on any atom is 0.343 e. The average molecular weight is 511 g/mol. The van der Waals surface area contributed by atoms with Gasteiger partial charge in [-0.05, 0) is 54.0 Å². The van der Waals surface area contributed by atoms with Crippen molar-refractivity contribution in [3.8, 4) is 0 Å². The van der Waals surface area contributed by atoms with Crippen LogP contribution < -0.4 is 11.0 Å². The van der Waals surface area contributed by atoms with Gasteiger partial charge in [-0.3, -0.25) is 4.57 Å². The van der Waals surface area contributed by atoms with E-state index in [0.29, 0.717) is 11.0 Å². The predicted molar refractivity (Wildman–Crippen MR) is 112 cm³/mol. The van der Waals surface area contributed by atoms with Crippen molar-refractivity contribution in [3.63, 3.8) is 0 Å². The number of hydrogen-bond donors (Lipinski definition) is 1. The molecule has 3 heterocycles. The first-order valence-electron chi connectivity index (χ1n) is 8.15. The SMILES string of the molecule is O=c1n(C2CCNCC2)c2ccccc2n1S(=O)(=O)c1c(Cl)sc(Cl)c1Br. The van der Waals surface area contributed by atoms with Gasteiger partial charge < -0.3 is 5.32 Å². The third-order valence-electron chi connectivity index (χ3n) is 4.64. The Bertz CT molecular complexity index is 1190. The van der Waals surface area contributed by atoms with Crippen LogP contribution >= 0.6 is 50.5 Å². The van der Waals surface area contributed by atoms with Gasteiger partial charge in [0.2, 0.25) is 0 Å². The van der Waals surface area contributed by atoms with Crippen molar-refractivity contribution in [2.45, 2.75) is 23.8 Å². The predicted octanol–water partition coefficient (Wildman–Crippen LogP) is 4.10. The molecule has 2 aromatic heterocycles. The van der Waals surface area contributed by atoms with Crippen molar-refractivity contribution < 1.29 is 8.42 Å². The van der Waals surface area contributed by atoms with E-state index in [-0.39, 0.29) is 24.1 Å². The lowest BCUT2D eigenvalue weighted by Gasteiger charge is -2.23. The molecule has 27 heavy (non-hydrogen) atoms. The van der Waals surface area contributed by atoms with Crippen LogP contribution in [0, 0.1) is 0 Å². The second kappa shape index (κ2) is 7.20. The summed E-state index contributed by atoms with van der Waals surface area (Å²) >= 11 is 16.3. The van der Waals surface area contributed by atoms with E-state index >= 15 is 0 Å². The molecule has 144 valence electrons. The Balaban J connectivity index is 2.03. The number of fused-ring (bicyclic) bond motifs is 1. The van der Waals surface area contributed by atoms with Gasteiger partial charge in [-0.2, -0.15) is 3.97 Å². The third-order valence-corrected chi connectivity index (χ3v) is 9.79. The zero-order valence-corrected chi connectivity index (χ0v) is 18.5. The second-order valence-electron chi connectivity index (χ2n) is 6.18. The van der Waals surface area contributed by atoms with Crippen LogP contribution in [0.2, 0.25) is 8.67 Å². The fourth-order valence-electron chi connectivity index (χ4n) is 3.44. The van der Waals surface area contributed by atoms with Crippen LogP contribution in [0.1, 0.15) is 18.9 Å². The number of thiophene rings is 1. The number of nitrogens with zero attached hydrogens (tertiary/aromatic N) is 2. The Hall–Kier alpha value is -0.840. The van der Waals surface area contributed by atoms with E-state index in [2.05, 4.69) is 21.2 Å². The Morgan fingerprint density at radius 2 is 1.74 bits per heavy atom. The molecule has 0 amide bonds. The second-order valence-corrected chi connectivity index (χ2v) is 10.9. The smallest absolute Gasteiger partial charge is 0.317 e. The summed E-state index contributed by atoms with van der Waals surface area (Å²) in [5.74, 6) is 0. The molecule has 0 radical (unpaired) electrons. The van der Waals surface area contributed by atoms with Crippen LogP contribution in [-0.2, 0) is 10.0 Å². The molecular formula is C16H14BrCl2N3O3S2. The molecule has 1 aliphatic heterocycles. The number of imidazole rings is 1. The minimum atomic E-state index is -4.24. The van der Waals surface area contributed by atoms with Crippen molar-refractivity contribution in [1.29, 1.82) is 0 Å². The number of benzene rings is 1. The van der Waals surface area contributed by atoms with E-state index in [1.54, 1.807) is 28.8 Å². The standard InChI is InChI=1S/C16H14BrCl2N3O3S2/c17-12-13(15(19)26-14(12)18)27(24,25)22-11-4-2-1-3-10(11)21(16(22)23)9-5-7-20-8-6-9/h1-4,9,20H,5-8H2. The molecule has 4 rings (SSSR count). The summed E-state index contributed by atoms with van der Waals surface area (Å²) in [7, 11) is -4.24. The van der Waals surface area contributed by atoms with E-state index in [0.717, 1.165) is 41.2 Å². The van der Waals surface area contributed by atoms with E-state index in [9.17, 15) is 13.2 Å². The van der Waals surface area contributed by atoms with E-state index in [4.69, 9.17) is 23.2 Å². The minimum Gasteiger partial charge on any atom is -0.317 e. The highest BCUT2D eigenvalue weighted by molar-refractivity contribution is 9.10. The summed E-state index contributed by atoms with van der Waals surface area (Å²) in [5, 5.41) is 3.26. The largest absolute Gasteiger partial charge is 0.343 e. The lowest BCUT2D eigenvalue weighted by atomic mass is 10.1. The van der Waals surface area contributed by atoms with Crippen molar-refractivity contribution in [1.82, 2.24) is 13.9 Å². The maximum atomic E-state index is 13.4. The summed E-state index contributed by atoms with van der Waals surface area (Å²) in [6.07, 6.45) is 1.51. The Kier molecular flexibility index (Phi) is 5.19. The molecule has 1 aliphatic rings. The number of nitrogens with one attached hydrogen (secondary N) is 1. The van der Waals surface area contributed by atoms with E-state index in [1.165, 1.54) is 0 Å². The fourth-order valence-corrected chi connectivity index (χ4v) is 8.33. The van der Waals surface area contributed by atoms with Gasteiger partial charge in [0.05, 0.1) is 15.5 Å². The van der Waals surface area contributed by atoms with Gasteiger partial charge in [-0.15, -0.1) is 11.3 Å². The number of halogens is 3. The van der Waals surface area contributed by atoms with Gasteiger partial charge in [-0.25, -0.2) is 13.2 Å². The van der Waals surface area contributed by atoms with Gasteiger partial charge in [-0.1, -0.05) is 35.3 Å². The molecule has 1 N–H and O–H groups in total. The molecule has 1 fully saturated rings. The zero-order valence-electron chi connectivity index (χ0n) is 13.8. The molecule has 6 nitrogen and oxygen atoms in total. The number of hydrogen-bond acceptors (Lipinski definition) is 5. The monoisotopic (exact) mass is 509 g/mol. The quantitative estimate of drug-likeness (QED) is 0.575. The summed E-state index contributed by atoms with van der Waals surface area (Å²) in [4.78, 5) is 13.1. The summed E-state index contributed by atoms with van der Waals surface area (Å²) in [6, 6.07) is 6.83. The van der Waals surface area contributed by atoms with Crippen LogP contribution in [0.25, 0.3) is 11.0 Å². The van der Waals surface area contributed by atoms with Crippen LogP contribution in [-0.4, -0.2) is 30.0 Å². The molecule has 1 saturated heterocycles. The van der Waals surface area contributed by atoms with Gasteiger partial charge in [0.15, 0.2) is 0 Å². The molecule has 0 bridgehead atoms. The lowest BCUT2D eigenvalue weighted by molar-refractivity contribution is 0.367. The maximum absolute atomic E-state index is 13.4. The normalized spacial score (nSPS) is 16.3. The van der Waals surface area contributed by atoms with Crippen LogP contribution in [0.4, 0.5) is 0 Å². The molecular weight excluding hydrogens is 497 g/mol. The van der Waals surface area contributed by atoms with E-state index in [1.807, 2.05) is 0 Å². The average Bonchev–Trinajstić information content (AvgIpc) is 3.08.